The van der Waals surface area contributed by atoms with E-state index in [1.807, 2.05) is 13.8 Å². The molecule has 0 aromatic rings. The van der Waals surface area contributed by atoms with Crippen LogP contribution in [0.25, 0.3) is 0 Å². The molecule has 0 bridgehead atoms. The van der Waals surface area contributed by atoms with Gasteiger partial charge in [0, 0.05) is 6.54 Å². The molecule has 0 aromatic heterocycles. The van der Waals surface area contributed by atoms with Gasteiger partial charge in [-0.05, 0) is 18.8 Å². The summed E-state index contributed by atoms with van der Waals surface area (Å²) in [6, 6.07) is 0. The molecule has 0 aromatic carbocycles. The maximum atomic E-state index is 11.8. The van der Waals surface area contributed by atoms with Crippen molar-refractivity contribution in [2.45, 2.75) is 38.0 Å². The van der Waals surface area contributed by atoms with Crippen LogP contribution in [-0.2, 0) is 19.9 Å². The Morgan fingerprint density at radius 3 is 2.44 bits per heavy atom. The number of rotatable bonds is 6. The second-order valence-electron chi connectivity index (χ2n) is 5.20. The van der Waals surface area contributed by atoms with Gasteiger partial charge in [-0.1, -0.05) is 13.8 Å². The standard InChI is InChI=1S/C10H21NO5S2/c1-8(2)5-9(12)6-11-18(15,16)10-3-4-17(13,14)7-10/h8-12H,3-7H2,1-2H3. The Hall–Kier alpha value is -0.180. The molecule has 8 heteroatoms. The molecule has 2 N–H and O–H groups in total. The second-order valence-corrected chi connectivity index (χ2v) is 9.48. The monoisotopic (exact) mass is 299 g/mol. The van der Waals surface area contributed by atoms with Gasteiger partial charge in [-0.3, -0.25) is 0 Å². The van der Waals surface area contributed by atoms with Gasteiger partial charge in [0.05, 0.1) is 22.9 Å². The van der Waals surface area contributed by atoms with Gasteiger partial charge < -0.3 is 5.11 Å². The molecule has 0 spiro atoms. The van der Waals surface area contributed by atoms with Crippen LogP contribution < -0.4 is 4.72 Å². The van der Waals surface area contributed by atoms with E-state index in [4.69, 9.17) is 0 Å². The fraction of sp³-hybridized carbons (Fsp3) is 1.00. The summed E-state index contributed by atoms with van der Waals surface area (Å²) in [6.07, 6.45) is -0.0959. The Kier molecular flexibility index (Phi) is 5.16. The predicted octanol–water partition coefficient (Wildman–Crippen LogP) is -0.500. The topological polar surface area (TPSA) is 101 Å². The third-order valence-electron chi connectivity index (χ3n) is 2.89. The fourth-order valence-corrected chi connectivity index (χ4v) is 6.08. The smallest absolute Gasteiger partial charge is 0.215 e. The van der Waals surface area contributed by atoms with E-state index in [9.17, 15) is 21.9 Å². The van der Waals surface area contributed by atoms with Crippen molar-refractivity contribution in [3.63, 3.8) is 0 Å². The highest BCUT2D eigenvalue weighted by Crippen LogP contribution is 2.18. The molecule has 1 aliphatic heterocycles. The van der Waals surface area contributed by atoms with Gasteiger partial charge in [0.1, 0.15) is 0 Å². The SMILES string of the molecule is CC(C)CC(O)CNS(=O)(=O)C1CCS(=O)(=O)C1. The lowest BCUT2D eigenvalue weighted by Crippen LogP contribution is -2.39. The molecule has 18 heavy (non-hydrogen) atoms. The van der Waals surface area contributed by atoms with Crippen molar-refractivity contribution in [3.05, 3.63) is 0 Å². The molecule has 2 unspecified atom stereocenters. The lowest BCUT2D eigenvalue weighted by atomic mass is 10.1. The lowest BCUT2D eigenvalue weighted by molar-refractivity contribution is 0.152. The highest BCUT2D eigenvalue weighted by molar-refractivity contribution is 7.95. The third-order valence-corrected chi connectivity index (χ3v) is 6.72. The van der Waals surface area contributed by atoms with E-state index >= 15 is 0 Å². The van der Waals surface area contributed by atoms with E-state index in [1.165, 1.54) is 0 Å². The maximum Gasteiger partial charge on any atom is 0.215 e. The minimum atomic E-state index is -3.65. The molecule has 108 valence electrons. The summed E-state index contributed by atoms with van der Waals surface area (Å²) in [5.74, 6) is -0.119. The molecule has 2 atom stereocenters. The van der Waals surface area contributed by atoms with E-state index in [2.05, 4.69) is 4.72 Å². The highest BCUT2D eigenvalue weighted by atomic mass is 32.2. The van der Waals surface area contributed by atoms with E-state index in [0.29, 0.717) is 6.42 Å². The van der Waals surface area contributed by atoms with Crippen LogP contribution in [0.4, 0.5) is 0 Å². The van der Waals surface area contributed by atoms with Crippen LogP contribution in [0.3, 0.4) is 0 Å². The Morgan fingerprint density at radius 2 is 2.00 bits per heavy atom. The minimum Gasteiger partial charge on any atom is -0.392 e. The molecule has 1 fully saturated rings. The molecular formula is C10H21NO5S2. The number of hydrogen-bond donors (Lipinski definition) is 2. The highest BCUT2D eigenvalue weighted by Gasteiger charge is 2.37. The number of nitrogens with one attached hydrogen (secondary N) is 1. The Balaban J connectivity index is 2.51. The zero-order valence-corrected chi connectivity index (χ0v) is 12.3. The zero-order valence-electron chi connectivity index (χ0n) is 10.7. The van der Waals surface area contributed by atoms with E-state index in [-0.39, 0.29) is 30.4 Å². The third kappa shape index (κ3) is 4.83. The van der Waals surface area contributed by atoms with E-state index in [0.717, 1.165) is 0 Å². The second kappa shape index (κ2) is 5.85. The van der Waals surface area contributed by atoms with Crippen molar-refractivity contribution in [2.75, 3.05) is 18.1 Å². The molecule has 6 nitrogen and oxygen atoms in total. The predicted molar refractivity (Wildman–Crippen MR) is 69.4 cm³/mol. The van der Waals surface area contributed by atoms with Crippen molar-refractivity contribution in [1.29, 1.82) is 0 Å². The first-order valence-corrected chi connectivity index (χ1v) is 9.36. The van der Waals surface area contributed by atoms with Crippen molar-refractivity contribution in [2.24, 2.45) is 5.92 Å². The van der Waals surface area contributed by atoms with Gasteiger partial charge in [0.25, 0.3) is 0 Å². The first-order chi connectivity index (χ1) is 8.12. The molecule has 0 radical (unpaired) electrons. The summed E-state index contributed by atoms with van der Waals surface area (Å²) in [4.78, 5) is 0. The fourth-order valence-electron chi connectivity index (χ4n) is 1.96. The van der Waals surface area contributed by atoms with Gasteiger partial charge in [-0.25, -0.2) is 21.6 Å². The van der Waals surface area contributed by atoms with Crippen molar-refractivity contribution >= 4 is 19.9 Å². The van der Waals surface area contributed by atoms with Crippen LogP contribution in [0.1, 0.15) is 26.7 Å². The maximum absolute atomic E-state index is 11.8. The number of sulfonamides is 1. The van der Waals surface area contributed by atoms with Crippen LogP contribution in [-0.4, -0.2) is 51.3 Å². The van der Waals surface area contributed by atoms with Crippen molar-refractivity contribution in [3.8, 4) is 0 Å². The summed E-state index contributed by atoms with van der Waals surface area (Å²) in [5.41, 5.74) is 0. The first-order valence-electron chi connectivity index (χ1n) is 5.99. The Morgan fingerprint density at radius 1 is 1.39 bits per heavy atom. The van der Waals surface area contributed by atoms with Crippen molar-refractivity contribution in [1.82, 2.24) is 4.72 Å². The molecular weight excluding hydrogens is 278 g/mol. The number of aliphatic hydroxyl groups is 1. The van der Waals surface area contributed by atoms with Gasteiger partial charge in [0.15, 0.2) is 9.84 Å². The average Bonchev–Trinajstić information content (AvgIpc) is 2.56. The number of hydrogen-bond acceptors (Lipinski definition) is 5. The largest absolute Gasteiger partial charge is 0.392 e. The van der Waals surface area contributed by atoms with Crippen LogP contribution in [0.2, 0.25) is 0 Å². The average molecular weight is 299 g/mol. The van der Waals surface area contributed by atoms with E-state index < -0.39 is 31.2 Å². The minimum absolute atomic E-state index is 0.0585. The van der Waals surface area contributed by atoms with Crippen LogP contribution >= 0.6 is 0 Å². The first kappa shape index (κ1) is 15.9. The summed E-state index contributed by atoms with van der Waals surface area (Å²) < 4.78 is 48.4. The van der Waals surface area contributed by atoms with E-state index in [1.54, 1.807) is 0 Å². The van der Waals surface area contributed by atoms with Gasteiger partial charge >= 0.3 is 0 Å². The molecule has 0 amide bonds. The number of aliphatic hydroxyl groups excluding tert-OH is 1. The zero-order chi connectivity index (χ0) is 14.0. The molecule has 1 heterocycles. The lowest BCUT2D eigenvalue weighted by Gasteiger charge is -2.16. The molecule has 1 rings (SSSR count). The summed E-state index contributed by atoms with van der Waals surface area (Å²) in [5, 5.41) is 8.70. The number of sulfone groups is 1. The summed E-state index contributed by atoms with van der Waals surface area (Å²) >= 11 is 0. The molecule has 0 saturated carbocycles. The molecule has 1 aliphatic rings. The molecule has 1 saturated heterocycles. The summed E-state index contributed by atoms with van der Waals surface area (Å²) in [7, 11) is -6.87. The normalized spacial score (nSPS) is 25.4. The van der Waals surface area contributed by atoms with Gasteiger partial charge in [0.2, 0.25) is 10.0 Å². The Bertz CT molecular complexity index is 468. The summed E-state index contributed by atoms with van der Waals surface area (Å²) in [6.45, 7) is 3.81. The Labute approximate surface area is 109 Å². The van der Waals surface area contributed by atoms with Gasteiger partial charge in [-0.2, -0.15) is 0 Å². The quantitative estimate of drug-likeness (QED) is 0.688. The van der Waals surface area contributed by atoms with Gasteiger partial charge in [-0.15, -0.1) is 0 Å². The van der Waals surface area contributed by atoms with Crippen molar-refractivity contribution < 1.29 is 21.9 Å². The van der Waals surface area contributed by atoms with Crippen LogP contribution in [0, 0.1) is 5.92 Å². The molecule has 0 aliphatic carbocycles. The van der Waals surface area contributed by atoms with Crippen LogP contribution in [0.5, 0.6) is 0 Å². The van der Waals surface area contributed by atoms with Crippen LogP contribution in [0.15, 0.2) is 0 Å².